The molecule has 1 fully saturated rings. The van der Waals surface area contributed by atoms with Crippen LogP contribution in [-0.4, -0.2) is 27.5 Å². The summed E-state index contributed by atoms with van der Waals surface area (Å²) in [5, 5.41) is 4.79. The number of imidazole rings is 1. The zero-order valence-electron chi connectivity index (χ0n) is 18.1. The third-order valence-corrected chi connectivity index (χ3v) is 6.97. The standard InChI is InChI=1S/C24H22ClF3N4O2/c25-16-11-9-15(10-12-16)17-6-3-7-18-20(17)29-22-30-21(34)23(32(18)22,24(26,27)28)31-19(33)13-8-14-4-1-2-5-14/h3,6-7,9-12,14H,1-2,4-5,8,13H2,(H,31,33)(H,29,30,34). The summed E-state index contributed by atoms with van der Waals surface area (Å²) in [5.41, 5.74) is -1.64. The van der Waals surface area contributed by atoms with Crippen LogP contribution in [0.3, 0.4) is 0 Å². The second kappa shape index (κ2) is 8.30. The fraction of sp³-hybridized carbons (Fsp3) is 0.375. The van der Waals surface area contributed by atoms with Gasteiger partial charge in [0.15, 0.2) is 0 Å². The van der Waals surface area contributed by atoms with Crippen LogP contribution in [0.25, 0.3) is 22.2 Å². The van der Waals surface area contributed by atoms with Gasteiger partial charge in [0.05, 0.1) is 11.0 Å². The molecule has 1 aromatic heterocycles. The first kappa shape index (κ1) is 22.7. The van der Waals surface area contributed by atoms with Crippen molar-refractivity contribution in [2.24, 2.45) is 5.92 Å². The Hall–Kier alpha value is -3.07. The monoisotopic (exact) mass is 490 g/mol. The van der Waals surface area contributed by atoms with E-state index in [1.807, 2.05) is 5.32 Å². The van der Waals surface area contributed by atoms with Gasteiger partial charge >= 0.3 is 6.18 Å². The molecule has 34 heavy (non-hydrogen) atoms. The molecule has 5 rings (SSSR count). The Kier molecular flexibility index (Phi) is 5.55. The lowest BCUT2D eigenvalue weighted by atomic mass is 10.0. The van der Waals surface area contributed by atoms with Gasteiger partial charge < -0.3 is 5.32 Å². The summed E-state index contributed by atoms with van der Waals surface area (Å²) < 4.78 is 44.5. The molecule has 2 N–H and O–H groups in total. The van der Waals surface area contributed by atoms with Gasteiger partial charge in [-0.15, -0.1) is 0 Å². The van der Waals surface area contributed by atoms with Crippen LogP contribution >= 0.6 is 11.6 Å². The Morgan fingerprint density at radius 2 is 1.88 bits per heavy atom. The first-order valence-electron chi connectivity index (χ1n) is 11.2. The van der Waals surface area contributed by atoms with E-state index < -0.39 is 23.7 Å². The molecule has 1 atom stereocenters. The third-order valence-electron chi connectivity index (χ3n) is 6.71. The van der Waals surface area contributed by atoms with Crippen LogP contribution < -0.4 is 10.6 Å². The lowest BCUT2D eigenvalue weighted by Crippen LogP contribution is -2.63. The number of benzene rings is 2. The van der Waals surface area contributed by atoms with Gasteiger partial charge in [0.2, 0.25) is 11.9 Å². The number of carbonyl (C=O) groups excluding carboxylic acids is 2. The van der Waals surface area contributed by atoms with Crippen LogP contribution in [0, 0.1) is 5.92 Å². The van der Waals surface area contributed by atoms with Crippen LogP contribution in [-0.2, 0) is 15.3 Å². The quantitative estimate of drug-likeness (QED) is 0.488. The molecule has 1 aliphatic heterocycles. The van der Waals surface area contributed by atoms with E-state index >= 15 is 0 Å². The van der Waals surface area contributed by atoms with E-state index in [0.29, 0.717) is 28.5 Å². The van der Waals surface area contributed by atoms with Crippen molar-refractivity contribution in [1.29, 1.82) is 0 Å². The summed E-state index contributed by atoms with van der Waals surface area (Å²) in [6.07, 6.45) is -0.588. The predicted molar refractivity (Wildman–Crippen MR) is 122 cm³/mol. The van der Waals surface area contributed by atoms with Gasteiger partial charge in [-0.05, 0) is 36.1 Å². The fourth-order valence-corrected chi connectivity index (χ4v) is 5.14. The minimum atomic E-state index is -5.10. The van der Waals surface area contributed by atoms with Gasteiger partial charge in [-0.25, -0.2) is 4.98 Å². The van der Waals surface area contributed by atoms with Crippen molar-refractivity contribution in [3.05, 3.63) is 47.5 Å². The minimum absolute atomic E-state index is 0.0756. The molecule has 1 unspecified atom stereocenters. The van der Waals surface area contributed by atoms with Crippen molar-refractivity contribution >= 4 is 40.4 Å². The number of rotatable bonds is 5. The lowest BCUT2D eigenvalue weighted by molar-refractivity contribution is -0.217. The van der Waals surface area contributed by atoms with Crippen molar-refractivity contribution in [3.8, 4) is 11.1 Å². The molecule has 1 saturated carbocycles. The first-order chi connectivity index (χ1) is 16.2. The predicted octanol–water partition coefficient (Wildman–Crippen LogP) is 5.61. The summed E-state index contributed by atoms with van der Waals surface area (Å²) in [4.78, 5) is 29.8. The summed E-state index contributed by atoms with van der Waals surface area (Å²) in [6.45, 7) is 0. The zero-order chi connectivity index (χ0) is 24.1. The molecule has 2 aliphatic rings. The minimum Gasteiger partial charge on any atom is -0.317 e. The van der Waals surface area contributed by atoms with Crippen LogP contribution in [0.1, 0.15) is 38.5 Å². The first-order valence-corrected chi connectivity index (χ1v) is 11.6. The molecule has 3 aromatic rings. The van der Waals surface area contributed by atoms with Crippen LogP contribution in [0.4, 0.5) is 19.1 Å². The average Bonchev–Trinajstić information content (AvgIpc) is 3.49. The molecule has 2 aromatic carbocycles. The Bertz CT molecular complexity index is 1270. The van der Waals surface area contributed by atoms with Gasteiger partial charge in [-0.1, -0.05) is 61.5 Å². The number of nitrogens with zero attached hydrogens (tertiary/aromatic N) is 2. The topological polar surface area (TPSA) is 76.0 Å². The SMILES string of the molecule is O=C(CCC1CCCC1)NC1(C(F)(F)F)C(=O)Nc2nc3c(-c4ccc(Cl)cc4)cccc3n21. The second-order valence-electron chi connectivity index (χ2n) is 8.85. The average molecular weight is 491 g/mol. The molecule has 10 heteroatoms. The van der Waals surface area contributed by atoms with Crippen LogP contribution in [0.5, 0.6) is 0 Å². The number of amides is 2. The highest BCUT2D eigenvalue weighted by Gasteiger charge is 2.67. The number of hydrogen-bond donors (Lipinski definition) is 2. The maximum Gasteiger partial charge on any atom is 0.440 e. The van der Waals surface area contributed by atoms with Crippen molar-refractivity contribution in [2.75, 3.05) is 5.32 Å². The number of aromatic nitrogens is 2. The summed E-state index contributed by atoms with van der Waals surface area (Å²) >= 11 is 5.97. The van der Waals surface area contributed by atoms with Crippen molar-refractivity contribution in [1.82, 2.24) is 14.9 Å². The highest BCUT2D eigenvalue weighted by Crippen LogP contribution is 2.45. The number of nitrogens with one attached hydrogen (secondary N) is 2. The second-order valence-corrected chi connectivity index (χ2v) is 9.29. The van der Waals surface area contributed by atoms with E-state index in [-0.39, 0.29) is 23.4 Å². The Morgan fingerprint density at radius 1 is 1.18 bits per heavy atom. The van der Waals surface area contributed by atoms with Gasteiger partial charge in [-0.2, -0.15) is 13.2 Å². The van der Waals surface area contributed by atoms with Crippen LogP contribution in [0.15, 0.2) is 42.5 Å². The van der Waals surface area contributed by atoms with E-state index in [2.05, 4.69) is 10.3 Å². The van der Waals surface area contributed by atoms with E-state index in [1.165, 1.54) is 6.07 Å². The normalized spacial score (nSPS) is 20.5. The van der Waals surface area contributed by atoms with Gasteiger partial charge in [-0.3, -0.25) is 19.5 Å². The lowest BCUT2D eigenvalue weighted by Gasteiger charge is -2.32. The van der Waals surface area contributed by atoms with Crippen molar-refractivity contribution < 1.29 is 22.8 Å². The van der Waals surface area contributed by atoms with E-state index in [1.54, 1.807) is 36.4 Å². The summed E-state index contributed by atoms with van der Waals surface area (Å²) in [6, 6.07) is 11.6. The largest absolute Gasteiger partial charge is 0.440 e. The molecule has 0 radical (unpaired) electrons. The van der Waals surface area contributed by atoms with Crippen molar-refractivity contribution in [3.63, 3.8) is 0 Å². The number of carbonyl (C=O) groups is 2. The fourth-order valence-electron chi connectivity index (χ4n) is 5.02. The van der Waals surface area contributed by atoms with E-state index in [9.17, 15) is 22.8 Å². The number of anilines is 1. The molecule has 6 nitrogen and oxygen atoms in total. The number of alkyl halides is 3. The van der Waals surface area contributed by atoms with Gasteiger partial charge in [0.1, 0.15) is 0 Å². The number of para-hydroxylation sites is 1. The van der Waals surface area contributed by atoms with Crippen LogP contribution in [0.2, 0.25) is 5.02 Å². The molecular weight excluding hydrogens is 469 g/mol. The van der Waals surface area contributed by atoms with E-state index in [0.717, 1.165) is 30.3 Å². The zero-order valence-corrected chi connectivity index (χ0v) is 18.8. The molecule has 0 saturated heterocycles. The molecule has 2 heterocycles. The Balaban J connectivity index is 1.57. The van der Waals surface area contributed by atoms with Gasteiger partial charge in [0, 0.05) is 17.0 Å². The Morgan fingerprint density at radius 3 is 2.56 bits per heavy atom. The molecule has 178 valence electrons. The molecule has 2 amide bonds. The smallest absolute Gasteiger partial charge is 0.317 e. The van der Waals surface area contributed by atoms with E-state index in [4.69, 9.17) is 11.6 Å². The third kappa shape index (κ3) is 3.62. The highest BCUT2D eigenvalue weighted by molar-refractivity contribution is 6.30. The maximum absolute atomic E-state index is 14.6. The molecule has 0 spiro atoms. The Labute approximate surface area is 198 Å². The summed E-state index contributed by atoms with van der Waals surface area (Å²) in [5.74, 6) is -2.13. The van der Waals surface area contributed by atoms with Gasteiger partial charge in [0.25, 0.3) is 11.6 Å². The number of fused-ring (bicyclic) bond motifs is 3. The number of halogens is 4. The summed E-state index contributed by atoms with van der Waals surface area (Å²) in [7, 11) is 0. The molecule has 1 aliphatic carbocycles. The maximum atomic E-state index is 14.6. The highest BCUT2D eigenvalue weighted by atomic mass is 35.5. The molecule has 0 bridgehead atoms. The molecular formula is C24H22ClF3N4O2. The number of hydrogen-bond acceptors (Lipinski definition) is 3. The van der Waals surface area contributed by atoms with Crippen molar-refractivity contribution in [2.45, 2.75) is 50.4 Å².